The van der Waals surface area contributed by atoms with Gasteiger partial charge in [0.2, 0.25) is 0 Å². The molecule has 2 aliphatic heterocycles. The number of rotatable bonds is 1. The highest BCUT2D eigenvalue weighted by Gasteiger charge is 2.56. The minimum absolute atomic E-state index is 0.135. The molecule has 0 radical (unpaired) electrons. The summed E-state index contributed by atoms with van der Waals surface area (Å²) in [6.45, 7) is 1.96. The summed E-state index contributed by atoms with van der Waals surface area (Å²) in [4.78, 5) is 19.0. The zero-order valence-corrected chi connectivity index (χ0v) is 15.2. The second-order valence-electron chi connectivity index (χ2n) is 8.31. The zero-order valence-electron chi connectivity index (χ0n) is 15.2. The smallest absolute Gasteiger partial charge is 0.312 e. The predicted molar refractivity (Wildman–Crippen MR) is 98.7 cm³/mol. The van der Waals surface area contributed by atoms with Gasteiger partial charge in [0.1, 0.15) is 0 Å². The molecule has 2 N–H and O–H groups in total. The lowest BCUT2D eigenvalue weighted by Crippen LogP contribution is -2.57. The topological polar surface area (TPSA) is 65.6 Å². The second-order valence-corrected chi connectivity index (χ2v) is 8.31. The van der Waals surface area contributed by atoms with Crippen LogP contribution in [0.1, 0.15) is 43.0 Å². The van der Waals surface area contributed by atoms with Crippen LogP contribution in [-0.4, -0.2) is 47.3 Å². The van der Waals surface area contributed by atoms with Crippen LogP contribution in [0, 0.1) is 11.3 Å². The summed E-state index contributed by atoms with van der Waals surface area (Å²) in [5, 5.41) is 11.6. The van der Waals surface area contributed by atoms with Crippen LogP contribution in [-0.2, 0) is 16.0 Å². The molecule has 2 aromatic rings. The summed E-state index contributed by atoms with van der Waals surface area (Å²) in [6.07, 6.45) is 3.61. The summed E-state index contributed by atoms with van der Waals surface area (Å²) in [7, 11) is 1.48. The van der Waals surface area contributed by atoms with E-state index in [1.54, 1.807) is 0 Å². The average molecular weight is 354 g/mol. The van der Waals surface area contributed by atoms with Crippen molar-refractivity contribution in [1.29, 1.82) is 0 Å². The number of hydrogen-bond acceptors (Lipinski definition) is 4. The van der Waals surface area contributed by atoms with Crippen molar-refractivity contribution >= 4 is 16.9 Å². The van der Waals surface area contributed by atoms with Crippen molar-refractivity contribution in [3.8, 4) is 0 Å². The third kappa shape index (κ3) is 2.20. The number of para-hydroxylation sites is 1. The number of ether oxygens (including phenoxy) is 1. The van der Waals surface area contributed by atoms with Gasteiger partial charge < -0.3 is 14.8 Å². The van der Waals surface area contributed by atoms with Gasteiger partial charge in [-0.15, -0.1) is 0 Å². The highest BCUT2D eigenvalue weighted by molar-refractivity contribution is 5.85. The Balaban J connectivity index is 1.59. The standard InChI is InChI=1S/C21H26N2O3/c1-26-20(25)21-10-14(24)7-6-13(21)12-23-9-8-16-15-4-2-3-5-17(15)22-19(16)18(23)11-21/h2-5,13-14,18,22,24H,6-12H2,1H3/t13-,14+,18+,21-/m1/s1. The number of hydrogen-bond donors (Lipinski definition) is 2. The summed E-state index contributed by atoms with van der Waals surface area (Å²) >= 11 is 0. The number of aliphatic hydroxyl groups is 1. The number of H-pyrrole nitrogens is 1. The number of benzene rings is 1. The van der Waals surface area contributed by atoms with Gasteiger partial charge in [0, 0.05) is 29.7 Å². The minimum Gasteiger partial charge on any atom is -0.469 e. The monoisotopic (exact) mass is 354 g/mol. The van der Waals surface area contributed by atoms with Gasteiger partial charge >= 0.3 is 5.97 Å². The van der Waals surface area contributed by atoms with Crippen LogP contribution in [0.2, 0.25) is 0 Å². The lowest BCUT2D eigenvalue weighted by Gasteiger charge is -2.54. The van der Waals surface area contributed by atoms with Crippen molar-refractivity contribution in [2.45, 2.75) is 44.2 Å². The Morgan fingerprint density at radius 2 is 2.15 bits per heavy atom. The molecule has 0 bridgehead atoms. The van der Waals surface area contributed by atoms with Crippen LogP contribution in [0.4, 0.5) is 0 Å². The Labute approximate surface area is 153 Å². The number of aromatic amines is 1. The number of piperidine rings is 1. The van der Waals surface area contributed by atoms with E-state index >= 15 is 0 Å². The Morgan fingerprint density at radius 1 is 1.31 bits per heavy atom. The molecular formula is C21H26N2O3. The quantitative estimate of drug-likeness (QED) is 0.773. The Bertz CT molecular complexity index is 860. The molecule has 138 valence electrons. The Kier molecular flexibility index (Phi) is 3.66. The molecular weight excluding hydrogens is 328 g/mol. The molecule has 3 aliphatic rings. The van der Waals surface area contributed by atoms with Gasteiger partial charge in [-0.05, 0) is 49.7 Å². The highest BCUT2D eigenvalue weighted by Crippen LogP contribution is 2.54. The molecule has 0 unspecified atom stereocenters. The fourth-order valence-electron chi connectivity index (χ4n) is 5.86. The molecule has 1 aromatic heterocycles. The van der Waals surface area contributed by atoms with Crippen molar-refractivity contribution < 1.29 is 14.6 Å². The number of nitrogens with one attached hydrogen (secondary N) is 1. The number of aromatic nitrogens is 1. The minimum atomic E-state index is -0.556. The van der Waals surface area contributed by atoms with E-state index in [2.05, 4.69) is 34.1 Å². The van der Waals surface area contributed by atoms with E-state index in [4.69, 9.17) is 4.74 Å². The van der Waals surface area contributed by atoms with Crippen LogP contribution < -0.4 is 0 Å². The van der Waals surface area contributed by atoms with Gasteiger partial charge in [-0.25, -0.2) is 0 Å². The Morgan fingerprint density at radius 3 is 3.00 bits per heavy atom. The van der Waals surface area contributed by atoms with Crippen LogP contribution in [0.5, 0.6) is 0 Å². The van der Waals surface area contributed by atoms with Gasteiger partial charge in [-0.3, -0.25) is 9.69 Å². The van der Waals surface area contributed by atoms with E-state index in [0.717, 1.165) is 38.8 Å². The lowest BCUT2D eigenvalue weighted by atomic mass is 9.59. The third-order valence-electron chi connectivity index (χ3n) is 7.10. The highest BCUT2D eigenvalue weighted by atomic mass is 16.5. The first-order chi connectivity index (χ1) is 12.6. The lowest BCUT2D eigenvalue weighted by molar-refractivity contribution is -0.172. The van der Waals surface area contributed by atoms with Crippen molar-refractivity contribution in [3.05, 3.63) is 35.5 Å². The molecule has 1 saturated heterocycles. The number of methoxy groups -OCH3 is 1. The molecule has 2 fully saturated rings. The predicted octanol–water partition coefficient (Wildman–Crippen LogP) is 2.79. The normalized spacial score (nSPS) is 34.0. The zero-order chi connectivity index (χ0) is 17.9. The number of esters is 1. The molecule has 0 amide bonds. The SMILES string of the molecule is COC(=O)[C@@]12C[C@@H](O)CC[C@@H]1CN1CCc3c([nH]c4ccccc34)[C@@H]1C2. The first-order valence-corrected chi connectivity index (χ1v) is 9.72. The number of fused-ring (bicyclic) bond motifs is 6. The molecule has 1 aromatic carbocycles. The first kappa shape index (κ1) is 16.3. The van der Waals surface area contributed by atoms with Crippen molar-refractivity contribution in [1.82, 2.24) is 9.88 Å². The van der Waals surface area contributed by atoms with Crippen molar-refractivity contribution in [2.75, 3.05) is 20.2 Å². The van der Waals surface area contributed by atoms with Crippen LogP contribution in [0.25, 0.3) is 10.9 Å². The summed E-state index contributed by atoms with van der Waals surface area (Å²) in [5.74, 6) is 0.143. The molecule has 26 heavy (non-hydrogen) atoms. The number of nitrogens with zero attached hydrogens (tertiary/aromatic N) is 1. The summed E-state index contributed by atoms with van der Waals surface area (Å²) < 4.78 is 5.25. The van der Waals surface area contributed by atoms with E-state index in [9.17, 15) is 9.90 Å². The largest absolute Gasteiger partial charge is 0.469 e. The number of aliphatic hydroxyl groups excluding tert-OH is 1. The summed E-state index contributed by atoms with van der Waals surface area (Å²) in [5.41, 5.74) is 3.28. The maximum atomic E-state index is 12.9. The van der Waals surface area contributed by atoms with Gasteiger partial charge in [-0.1, -0.05) is 18.2 Å². The molecule has 1 aliphatic carbocycles. The number of carbonyl (C=O) groups is 1. The van der Waals surface area contributed by atoms with E-state index in [1.807, 2.05) is 0 Å². The molecule has 5 heteroatoms. The van der Waals surface area contributed by atoms with E-state index in [-0.39, 0.29) is 17.9 Å². The second kappa shape index (κ2) is 5.83. The van der Waals surface area contributed by atoms with Gasteiger partial charge in [0.05, 0.1) is 24.7 Å². The maximum Gasteiger partial charge on any atom is 0.312 e. The first-order valence-electron chi connectivity index (χ1n) is 9.72. The van der Waals surface area contributed by atoms with E-state index in [1.165, 1.54) is 29.3 Å². The van der Waals surface area contributed by atoms with Crippen molar-refractivity contribution in [3.63, 3.8) is 0 Å². The number of carbonyl (C=O) groups excluding carboxylic acids is 1. The van der Waals surface area contributed by atoms with Gasteiger partial charge in [-0.2, -0.15) is 0 Å². The van der Waals surface area contributed by atoms with Gasteiger partial charge in [0.25, 0.3) is 0 Å². The maximum absolute atomic E-state index is 12.9. The average Bonchev–Trinajstić information content (AvgIpc) is 3.05. The third-order valence-corrected chi connectivity index (χ3v) is 7.10. The fraction of sp³-hybridized carbons (Fsp3) is 0.571. The van der Waals surface area contributed by atoms with Gasteiger partial charge in [0.15, 0.2) is 0 Å². The molecule has 0 spiro atoms. The molecule has 3 heterocycles. The molecule has 5 nitrogen and oxygen atoms in total. The molecule has 4 atom stereocenters. The fourth-order valence-corrected chi connectivity index (χ4v) is 5.86. The van der Waals surface area contributed by atoms with Crippen molar-refractivity contribution in [2.24, 2.45) is 11.3 Å². The summed E-state index contributed by atoms with van der Waals surface area (Å²) in [6, 6.07) is 8.67. The van der Waals surface area contributed by atoms with E-state index in [0.29, 0.717) is 6.42 Å². The van der Waals surface area contributed by atoms with Crippen LogP contribution in [0.3, 0.4) is 0 Å². The van der Waals surface area contributed by atoms with Crippen LogP contribution >= 0.6 is 0 Å². The Hall–Kier alpha value is -1.85. The molecule has 5 rings (SSSR count). The van der Waals surface area contributed by atoms with E-state index < -0.39 is 11.5 Å². The molecule has 1 saturated carbocycles. The van der Waals surface area contributed by atoms with Crippen LogP contribution in [0.15, 0.2) is 24.3 Å².